The molecule has 0 aliphatic heterocycles. The predicted molar refractivity (Wildman–Crippen MR) is 81.5 cm³/mol. The van der Waals surface area contributed by atoms with Gasteiger partial charge in [-0.05, 0) is 17.7 Å². The molecule has 7 heteroatoms. The summed E-state index contributed by atoms with van der Waals surface area (Å²) in [6, 6.07) is 7.01. The summed E-state index contributed by atoms with van der Waals surface area (Å²) in [6.45, 7) is 0.417. The van der Waals surface area contributed by atoms with Gasteiger partial charge < -0.3 is 10.4 Å². The van der Waals surface area contributed by atoms with E-state index in [9.17, 15) is 13.8 Å². The Labute approximate surface area is 124 Å². The van der Waals surface area contributed by atoms with Gasteiger partial charge in [-0.2, -0.15) is 0 Å². The van der Waals surface area contributed by atoms with Crippen LogP contribution in [-0.4, -0.2) is 45.5 Å². The highest BCUT2D eigenvalue weighted by molar-refractivity contribution is 7.99. The molecule has 1 rings (SSSR count). The zero-order valence-electron chi connectivity index (χ0n) is 11.1. The Balaban J connectivity index is 2.43. The average molecular weight is 315 g/mol. The number of carbonyl (C=O) groups is 2. The zero-order chi connectivity index (χ0) is 15.0. The molecule has 0 aliphatic carbocycles. The highest BCUT2D eigenvalue weighted by atomic mass is 32.2. The largest absolute Gasteiger partial charge is 0.481 e. The minimum Gasteiger partial charge on any atom is -0.481 e. The van der Waals surface area contributed by atoms with Crippen molar-refractivity contribution in [3.05, 3.63) is 35.4 Å². The molecular formula is C13H17NO4S2. The Bertz CT molecular complexity index is 505. The summed E-state index contributed by atoms with van der Waals surface area (Å²) in [4.78, 5) is 22.2. The molecule has 1 aromatic rings. The van der Waals surface area contributed by atoms with Gasteiger partial charge in [0.15, 0.2) is 0 Å². The molecule has 1 amide bonds. The fraction of sp³-hybridized carbons (Fsp3) is 0.385. The molecule has 0 aromatic heterocycles. The maximum Gasteiger partial charge on any atom is 0.313 e. The normalized spacial score (nSPS) is 11.8. The van der Waals surface area contributed by atoms with Crippen molar-refractivity contribution in [3.63, 3.8) is 0 Å². The van der Waals surface area contributed by atoms with E-state index in [2.05, 4.69) is 5.32 Å². The number of carboxylic acid groups (broad SMARTS) is 1. The summed E-state index contributed by atoms with van der Waals surface area (Å²) in [5.41, 5.74) is 1.38. The van der Waals surface area contributed by atoms with Crippen LogP contribution in [0, 0.1) is 0 Å². The third-order valence-electron chi connectivity index (χ3n) is 2.32. The van der Waals surface area contributed by atoms with E-state index in [0.29, 0.717) is 23.6 Å². The monoisotopic (exact) mass is 315 g/mol. The van der Waals surface area contributed by atoms with E-state index in [1.54, 1.807) is 24.5 Å². The number of nitrogens with one attached hydrogen (secondary N) is 1. The van der Waals surface area contributed by atoms with Crippen LogP contribution in [0.15, 0.2) is 24.3 Å². The van der Waals surface area contributed by atoms with E-state index in [1.165, 1.54) is 11.8 Å². The number of thioether (sulfide) groups is 1. The first-order valence-corrected chi connectivity index (χ1v) is 8.84. The molecule has 1 aromatic carbocycles. The summed E-state index contributed by atoms with van der Waals surface area (Å²) in [5.74, 6) is -0.0498. The summed E-state index contributed by atoms with van der Waals surface area (Å²) in [6.07, 6.45) is 1.62. The van der Waals surface area contributed by atoms with Gasteiger partial charge in [-0.15, -0.1) is 11.8 Å². The third-order valence-corrected chi connectivity index (χ3v) is 4.00. The van der Waals surface area contributed by atoms with E-state index in [-0.39, 0.29) is 11.7 Å². The van der Waals surface area contributed by atoms with Gasteiger partial charge in [0.2, 0.25) is 0 Å². The first kappa shape index (κ1) is 16.7. The summed E-state index contributed by atoms with van der Waals surface area (Å²) < 4.78 is 11.2. The molecule has 0 saturated heterocycles. The molecular weight excluding hydrogens is 298 g/mol. The van der Waals surface area contributed by atoms with Crippen LogP contribution in [0.1, 0.15) is 15.9 Å². The van der Waals surface area contributed by atoms with Crippen molar-refractivity contribution in [2.45, 2.75) is 5.75 Å². The molecule has 0 fully saturated rings. The minimum atomic E-state index is -0.941. The zero-order valence-corrected chi connectivity index (χ0v) is 12.8. The Morgan fingerprint density at radius 2 is 2.15 bits per heavy atom. The molecule has 5 nitrogen and oxygen atoms in total. The topological polar surface area (TPSA) is 83.5 Å². The van der Waals surface area contributed by atoms with Crippen LogP contribution in [0.2, 0.25) is 0 Å². The molecule has 0 spiro atoms. The second-order valence-corrected chi connectivity index (χ2v) is 6.66. The van der Waals surface area contributed by atoms with Crippen LogP contribution in [0.25, 0.3) is 0 Å². The van der Waals surface area contributed by atoms with Gasteiger partial charge in [0, 0.05) is 40.7 Å². The molecule has 0 saturated carbocycles. The van der Waals surface area contributed by atoms with Gasteiger partial charge in [-0.25, -0.2) is 0 Å². The second-order valence-electron chi connectivity index (χ2n) is 4.12. The number of carboxylic acids is 1. The minimum absolute atomic E-state index is 0.0354. The third kappa shape index (κ3) is 6.72. The molecule has 110 valence electrons. The summed E-state index contributed by atoms with van der Waals surface area (Å²) in [7, 11) is -0.941. The maximum absolute atomic E-state index is 11.9. The lowest BCUT2D eigenvalue weighted by atomic mass is 10.1. The fourth-order valence-electron chi connectivity index (χ4n) is 1.54. The maximum atomic E-state index is 11.9. The van der Waals surface area contributed by atoms with Crippen molar-refractivity contribution in [2.75, 3.05) is 24.3 Å². The van der Waals surface area contributed by atoms with Gasteiger partial charge >= 0.3 is 5.97 Å². The van der Waals surface area contributed by atoms with Crippen molar-refractivity contribution in [1.82, 2.24) is 5.32 Å². The summed E-state index contributed by atoms with van der Waals surface area (Å²) >= 11 is 1.26. The van der Waals surface area contributed by atoms with E-state index in [1.807, 2.05) is 6.07 Å². The Hall–Kier alpha value is -1.34. The Kier molecular flexibility index (Phi) is 7.32. The van der Waals surface area contributed by atoms with Crippen LogP contribution >= 0.6 is 11.8 Å². The quantitative estimate of drug-likeness (QED) is 0.702. The van der Waals surface area contributed by atoms with E-state index in [4.69, 9.17) is 5.11 Å². The number of hydrogen-bond donors (Lipinski definition) is 2. The standard InChI is InChI=1S/C13H17NO4S2/c1-20(18)9-10-3-2-4-11(7-10)13(17)14-5-6-19-8-12(15)16/h2-4,7H,5-6,8-9H2,1H3,(H,14,17)(H,15,16). The van der Waals surface area contributed by atoms with Crippen LogP contribution in [0.3, 0.4) is 0 Å². The molecule has 1 unspecified atom stereocenters. The van der Waals surface area contributed by atoms with E-state index < -0.39 is 16.8 Å². The molecule has 2 N–H and O–H groups in total. The number of hydrogen-bond acceptors (Lipinski definition) is 4. The van der Waals surface area contributed by atoms with Gasteiger partial charge in [0.05, 0.1) is 5.75 Å². The number of benzene rings is 1. The smallest absolute Gasteiger partial charge is 0.313 e. The number of rotatable bonds is 8. The van der Waals surface area contributed by atoms with Crippen LogP contribution in [0.4, 0.5) is 0 Å². The molecule has 1 atom stereocenters. The van der Waals surface area contributed by atoms with Crippen molar-refractivity contribution in [1.29, 1.82) is 0 Å². The highest BCUT2D eigenvalue weighted by Crippen LogP contribution is 2.07. The first-order valence-electron chi connectivity index (χ1n) is 5.95. The lowest BCUT2D eigenvalue weighted by Crippen LogP contribution is -2.26. The van der Waals surface area contributed by atoms with Crippen LogP contribution in [-0.2, 0) is 21.3 Å². The predicted octanol–water partition coefficient (Wildman–Crippen LogP) is 1.11. The van der Waals surface area contributed by atoms with Gasteiger partial charge in [-0.1, -0.05) is 12.1 Å². The number of aliphatic carboxylic acids is 1. The second kappa shape index (κ2) is 8.76. The fourth-order valence-corrected chi connectivity index (χ4v) is 2.75. The van der Waals surface area contributed by atoms with Crippen molar-refractivity contribution in [3.8, 4) is 0 Å². The molecule has 0 bridgehead atoms. The SMILES string of the molecule is CS(=O)Cc1cccc(C(=O)NCCSCC(=O)O)c1. The molecule has 0 radical (unpaired) electrons. The lowest BCUT2D eigenvalue weighted by molar-refractivity contribution is -0.133. The van der Waals surface area contributed by atoms with Crippen molar-refractivity contribution >= 4 is 34.4 Å². The van der Waals surface area contributed by atoms with Crippen LogP contribution < -0.4 is 5.32 Å². The van der Waals surface area contributed by atoms with Gasteiger partial charge in [0.25, 0.3) is 5.91 Å². The van der Waals surface area contributed by atoms with Crippen LogP contribution in [0.5, 0.6) is 0 Å². The summed E-state index contributed by atoms with van der Waals surface area (Å²) in [5, 5.41) is 11.2. The Morgan fingerprint density at radius 3 is 2.80 bits per heavy atom. The molecule has 0 heterocycles. The van der Waals surface area contributed by atoms with Crippen molar-refractivity contribution in [2.24, 2.45) is 0 Å². The lowest BCUT2D eigenvalue weighted by Gasteiger charge is -2.06. The molecule has 20 heavy (non-hydrogen) atoms. The Morgan fingerprint density at radius 1 is 1.40 bits per heavy atom. The molecule has 0 aliphatic rings. The van der Waals surface area contributed by atoms with Gasteiger partial charge in [0.1, 0.15) is 0 Å². The van der Waals surface area contributed by atoms with Crippen molar-refractivity contribution < 1.29 is 18.9 Å². The number of carbonyl (C=O) groups excluding carboxylic acids is 1. The number of amides is 1. The highest BCUT2D eigenvalue weighted by Gasteiger charge is 2.06. The van der Waals surface area contributed by atoms with Gasteiger partial charge in [-0.3, -0.25) is 13.8 Å². The average Bonchev–Trinajstić information content (AvgIpc) is 2.37. The van der Waals surface area contributed by atoms with E-state index >= 15 is 0 Å². The first-order chi connectivity index (χ1) is 9.49. The van der Waals surface area contributed by atoms with E-state index in [0.717, 1.165) is 5.56 Å².